The first kappa shape index (κ1) is 36.2. The highest BCUT2D eigenvalue weighted by Gasteiger charge is 2.40. The van der Waals surface area contributed by atoms with Gasteiger partial charge in [-0.1, -0.05) is 54.6 Å². The molecule has 53 heavy (non-hydrogen) atoms. The maximum Gasteiger partial charge on any atom is 0.416 e. The quantitative estimate of drug-likeness (QED) is 0.155. The molecule has 4 heterocycles. The number of carbonyl (C=O) groups is 2. The van der Waals surface area contributed by atoms with Gasteiger partial charge in [-0.3, -0.25) is 24.8 Å². The highest BCUT2D eigenvalue weighted by molar-refractivity contribution is 6.03. The molecule has 0 aliphatic carbocycles. The predicted octanol–water partition coefficient (Wildman–Crippen LogP) is 8.57. The summed E-state index contributed by atoms with van der Waals surface area (Å²) in [6, 6.07) is 22.5. The molecule has 0 unspecified atom stereocenters. The van der Waals surface area contributed by atoms with Gasteiger partial charge in [-0.15, -0.1) is 5.10 Å². The first-order valence-corrected chi connectivity index (χ1v) is 18.1. The van der Waals surface area contributed by atoms with Crippen LogP contribution in [0, 0.1) is 13.8 Å². The summed E-state index contributed by atoms with van der Waals surface area (Å²) in [6.45, 7) is 9.83. The summed E-state index contributed by atoms with van der Waals surface area (Å²) in [5, 5.41) is 16.2. The third-order valence-corrected chi connectivity index (χ3v) is 11.2. The van der Waals surface area contributed by atoms with Crippen LogP contribution in [0.4, 0.5) is 19.0 Å². The largest absolute Gasteiger partial charge is 0.416 e. The molecule has 0 radical (unpaired) electrons. The van der Waals surface area contributed by atoms with Gasteiger partial charge in [0, 0.05) is 35.5 Å². The molecule has 2 amide bonds. The van der Waals surface area contributed by atoms with Gasteiger partial charge in [-0.2, -0.15) is 18.3 Å². The van der Waals surface area contributed by atoms with Crippen LogP contribution in [-0.2, 0) is 27.7 Å². The number of benzene rings is 3. The summed E-state index contributed by atoms with van der Waals surface area (Å²) in [6.07, 6.45) is 0.292. The maximum absolute atomic E-state index is 13.6. The van der Waals surface area contributed by atoms with E-state index in [2.05, 4.69) is 50.0 Å². The molecule has 11 heteroatoms. The molecule has 0 bridgehead atoms. The van der Waals surface area contributed by atoms with E-state index >= 15 is 0 Å². The summed E-state index contributed by atoms with van der Waals surface area (Å²) in [5.41, 5.74) is 5.24. The molecule has 0 saturated carbocycles. The van der Waals surface area contributed by atoms with Gasteiger partial charge < -0.3 is 5.32 Å². The number of anilines is 1. The number of amides is 2. The smallest absolute Gasteiger partial charge is 0.362 e. The Balaban J connectivity index is 1.03. The number of fused-ring (bicyclic) bond motifs is 1. The van der Waals surface area contributed by atoms with Crippen LogP contribution in [0.5, 0.6) is 0 Å². The minimum Gasteiger partial charge on any atom is -0.362 e. The average Bonchev–Trinajstić information content (AvgIpc) is 3.14. The Morgan fingerprint density at radius 1 is 0.962 bits per heavy atom. The van der Waals surface area contributed by atoms with Crippen molar-refractivity contribution in [2.75, 3.05) is 18.4 Å². The maximum atomic E-state index is 13.6. The molecular formula is C42H43F3N6O2. The number of hydrogen-bond acceptors (Lipinski definition) is 7. The van der Waals surface area contributed by atoms with Gasteiger partial charge in [0.1, 0.15) is 0 Å². The van der Waals surface area contributed by atoms with Crippen LogP contribution < -0.4 is 10.6 Å². The van der Waals surface area contributed by atoms with Crippen molar-refractivity contribution in [2.24, 2.45) is 0 Å². The number of alkyl halides is 3. The van der Waals surface area contributed by atoms with Crippen molar-refractivity contribution in [3.8, 4) is 11.3 Å². The molecule has 7 rings (SSSR count). The number of pyridine rings is 1. The fourth-order valence-electron chi connectivity index (χ4n) is 7.86. The molecule has 3 aromatic carbocycles. The van der Waals surface area contributed by atoms with Crippen molar-refractivity contribution in [2.45, 2.75) is 83.5 Å². The van der Waals surface area contributed by atoms with Gasteiger partial charge in [-0.05, 0) is 112 Å². The second-order valence-electron chi connectivity index (χ2n) is 14.7. The number of carbonyl (C=O) groups excluding carboxylic acids is 2. The lowest BCUT2D eigenvalue weighted by molar-refractivity contribution is -0.139. The number of imide groups is 1. The van der Waals surface area contributed by atoms with E-state index in [1.165, 1.54) is 24.1 Å². The van der Waals surface area contributed by atoms with E-state index in [1.54, 1.807) is 12.3 Å². The molecule has 0 spiro atoms. The fourth-order valence-corrected chi connectivity index (χ4v) is 7.86. The highest BCUT2D eigenvalue weighted by atomic mass is 19.4. The van der Waals surface area contributed by atoms with Gasteiger partial charge in [0.25, 0.3) is 0 Å². The first-order chi connectivity index (χ1) is 25.3. The van der Waals surface area contributed by atoms with Crippen molar-refractivity contribution >= 4 is 28.4 Å². The molecule has 2 aliphatic heterocycles. The number of nitrogens with one attached hydrogen (secondary N) is 2. The topological polar surface area (TPSA) is 100 Å². The van der Waals surface area contributed by atoms with Crippen molar-refractivity contribution in [1.82, 2.24) is 25.4 Å². The Morgan fingerprint density at radius 3 is 2.42 bits per heavy atom. The van der Waals surface area contributed by atoms with Crippen molar-refractivity contribution in [3.63, 3.8) is 0 Å². The van der Waals surface area contributed by atoms with E-state index in [0.717, 1.165) is 66.1 Å². The number of piperidine rings is 2. The van der Waals surface area contributed by atoms with Gasteiger partial charge in [0.2, 0.25) is 11.8 Å². The molecule has 2 aromatic heterocycles. The Kier molecular flexibility index (Phi) is 9.80. The van der Waals surface area contributed by atoms with E-state index < -0.39 is 23.2 Å². The van der Waals surface area contributed by atoms with Crippen LogP contribution >= 0.6 is 0 Å². The second-order valence-corrected chi connectivity index (χ2v) is 14.7. The second kappa shape index (κ2) is 14.3. The number of aryl methyl sites for hydroxylation is 1. The molecule has 2 saturated heterocycles. The Hall–Kier alpha value is -5.16. The Labute approximate surface area is 307 Å². The van der Waals surface area contributed by atoms with Crippen LogP contribution in [0.2, 0.25) is 0 Å². The Bertz CT molecular complexity index is 2180. The zero-order chi connectivity index (χ0) is 37.5. The van der Waals surface area contributed by atoms with E-state index in [9.17, 15) is 22.8 Å². The normalized spacial score (nSPS) is 19.3. The average molecular weight is 721 g/mol. The summed E-state index contributed by atoms with van der Waals surface area (Å²) in [4.78, 5) is 31.6. The zero-order valence-corrected chi connectivity index (χ0v) is 30.3. The van der Waals surface area contributed by atoms with Gasteiger partial charge in [-0.25, -0.2) is 0 Å². The molecule has 5 aromatic rings. The third kappa shape index (κ3) is 7.40. The van der Waals surface area contributed by atoms with Crippen LogP contribution in [0.3, 0.4) is 0 Å². The van der Waals surface area contributed by atoms with Gasteiger partial charge in [0.05, 0.1) is 28.4 Å². The third-order valence-electron chi connectivity index (χ3n) is 11.2. The molecule has 2 atom stereocenters. The number of hydrogen-bond donors (Lipinski definition) is 2. The van der Waals surface area contributed by atoms with Crippen LogP contribution in [-0.4, -0.2) is 45.0 Å². The minimum atomic E-state index is -4.43. The fraction of sp³-hybridized carbons (Fsp3) is 0.357. The van der Waals surface area contributed by atoms with Crippen molar-refractivity contribution in [3.05, 3.63) is 118 Å². The number of nitrogens with zero attached hydrogens (tertiary/aromatic N) is 4. The number of rotatable bonds is 8. The lowest BCUT2D eigenvalue weighted by atomic mass is 9.75. The molecule has 274 valence electrons. The molecule has 2 N–H and O–H groups in total. The number of halogens is 3. The number of likely N-dealkylation sites (tertiary alicyclic amines) is 1. The number of aromatic nitrogens is 3. The van der Waals surface area contributed by atoms with Gasteiger partial charge in [0.15, 0.2) is 5.82 Å². The van der Waals surface area contributed by atoms with E-state index in [-0.39, 0.29) is 17.4 Å². The standard InChI is InChI=1S/C42H43F3N6O2/c1-25-33(9-6-10-36(25)42(43,44)45)26(2)47-39-34-22-37(46-23-35(34)27(3)49-50-39)31-8-5-7-28(21-31)24-51-19-16-30(17-20-51)29-11-13-32(14-12-29)41(4)18-15-38(52)48-40(41)53/h5-14,21-23,26,30H,15-20,24H2,1-4H3,(H,47,50)(H,48,52,53)/t26-,41-/m1/s1. The first-order valence-electron chi connectivity index (χ1n) is 18.1. The molecule has 2 aliphatic rings. The summed E-state index contributed by atoms with van der Waals surface area (Å²) >= 11 is 0. The minimum absolute atomic E-state index is 0.183. The van der Waals surface area contributed by atoms with Crippen LogP contribution in [0.1, 0.15) is 90.6 Å². The van der Waals surface area contributed by atoms with Crippen LogP contribution in [0.25, 0.3) is 22.0 Å². The summed E-state index contributed by atoms with van der Waals surface area (Å²) < 4.78 is 40.9. The highest BCUT2D eigenvalue weighted by Crippen LogP contribution is 2.37. The molecular weight excluding hydrogens is 677 g/mol. The monoisotopic (exact) mass is 720 g/mol. The van der Waals surface area contributed by atoms with E-state index in [1.807, 2.05) is 51.1 Å². The Morgan fingerprint density at radius 2 is 1.70 bits per heavy atom. The summed E-state index contributed by atoms with van der Waals surface area (Å²) in [7, 11) is 0. The summed E-state index contributed by atoms with van der Waals surface area (Å²) in [5.74, 6) is 0.496. The molecule has 8 nitrogen and oxygen atoms in total. The lowest BCUT2D eigenvalue weighted by Gasteiger charge is -2.34. The van der Waals surface area contributed by atoms with Crippen molar-refractivity contribution < 1.29 is 22.8 Å². The van der Waals surface area contributed by atoms with E-state index in [0.29, 0.717) is 35.8 Å². The lowest BCUT2D eigenvalue weighted by Crippen LogP contribution is -2.49. The van der Waals surface area contributed by atoms with Crippen LogP contribution in [0.15, 0.2) is 79.0 Å². The van der Waals surface area contributed by atoms with E-state index in [4.69, 9.17) is 4.98 Å². The van der Waals surface area contributed by atoms with Crippen molar-refractivity contribution in [1.29, 1.82) is 0 Å². The molecule has 2 fully saturated rings. The van der Waals surface area contributed by atoms with Gasteiger partial charge >= 0.3 is 6.18 Å². The SMILES string of the molecule is Cc1c([C@@H](C)Nc2nnc(C)c3cnc(-c4cccc(CN5CCC(c6ccc([C@@]7(C)CCC(=O)NC7=O)cc6)CC5)c4)cc23)cccc1C(F)(F)F. The predicted molar refractivity (Wildman–Crippen MR) is 199 cm³/mol. The zero-order valence-electron chi connectivity index (χ0n) is 30.3.